The molecule has 6 nitrogen and oxygen atoms in total. The Hall–Kier alpha value is -2.25. The Morgan fingerprint density at radius 2 is 1.80 bits per heavy atom. The van der Waals surface area contributed by atoms with Crippen molar-refractivity contribution in [3.8, 4) is 0 Å². The van der Waals surface area contributed by atoms with Crippen molar-refractivity contribution in [2.75, 3.05) is 28.6 Å². The van der Waals surface area contributed by atoms with Crippen molar-refractivity contribution < 1.29 is 13.2 Å². The molecule has 1 aliphatic heterocycles. The van der Waals surface area contributed by atoms with Crippen LogP contribution in [-0.4, -0.2) is 39.7 Å². The van der Waals surface area contributed by atoms with Crippen LogP contribution in [0, 0.1) is 6.92 Å². The molecule has 1 saturated heterocycles. The number of carbonyl (C=O) groups excluding carboxylic acids is 1. The second kappa shape index (κ2) is 9.27. The maximum Gasteiger partial charge on any atom is 0.243 e. The van der Waals surface area contributed by atoms with Gasteiger partial charge in [0.2, 0.25) is 15.9 Å². The third-order valence-electron chi connectivity index (χ3n) is 5.37. The fourth-order valence-corrected chi connectivity index (χ4v) is 5.13. The molecule has 1 amide bonds. The zero-order chi connectivity index (χ0) is 21.9. The van der Waals surface area contributed by atoms with Crippen LogP contribution in [0.1, 0.15) is 30.9 Å². The molecule has 0 spiro atoms. The maximum atomic E-state index is 12.8. The van der Waals surface area contributed by atoms with E-state index in [1.807, 2.05) is 12.1 Å². The Morgan fingerprint density at radius 1 is 1.17 bits per heavy atom. The van der Waals surface area contributed by atoms with E-state index in [9.17, 15) is 13.2 Å². The summed E-state index contributed by atoms with van der Waals surface area (Å²) in [5.74, 6) is -0.372. The van der Waals surface area contributed by atoms with Crippen LogP contribution in [0.15, 0.2) is 42.5 Å². The number of anilines is 2. The second-order valence-corrected chi connectivity index (χ2v) is 10.0. The molecule has 0 aliphatic carbocycles. The summed E-state index contributed by atoms with van der Waals surface area (Å²) in [6, 6.07) is 12.2. The summed E-state index contributed by atoms with van der Waals surface area (Å²) < 4.78 is 26.1. The highest BCUT2D eigenvalue weighted by atomic mass is 35.5. The lowest BCUT2D eigenvalue weighted by Crippen LogP contribution is -2.48. The van der Waals surface area contributed by atoms with Crippen LogP contribution < -0.4 is 14.5 Å². The molecule has 3 rings (SSSR count). The first-order chi connectivity index (χ1) is 14.2. The standard InChI is InChI=1S/C22H28ClN3O3S/c1-16-6-9-19(23)14-21(16)26(30(3,28)29)17(2)22(27)24-15-18-7-10-20(11-8-18)25-12-4-5-13-25/h6-11,14,17H,4-5,12-13,15H2,1-3H3,(H,24,27)/t17-/m0/s1. The average molecular weight is 450 g/mol. The van der Waals surface area contributed by atoms with E-state index in [1.165, 1.54) is 18.5 Å². The summed E-state index contributed by atoms with van der Waals surface area (Å²) in [5.41, 5.74) is 3.28. The van der Waals surface area contributed by atoms with E-state index in [0.717, 1.165) is 34.8 Å². The van der Waals surface area contributed by atoms with Gasteiger partial charge in [0.25, 0.3) is 0 Å². The van der Waals surface area contributed by atoms with Gasteiger partial charge in [-0.3, -0.25) is 9.10 Å². The van der Waals surface area contributed by atoms with E-state index >= 15 is 0 Å². The molecule has 0 bridgehead atoms. The zero-order valence-corrected chi connectivity index (χ0v) is 19.1. The number of hydrogen-bond donors (Lipinski definition) is 1. The quantitative estimate of drug-likeness (QED) is 0.699. The second-order valence-electron chi connectivity index (χ2n) is 7.74. The minimum absolute atomic E-state index is 0.329. The Kier molecular flexibility index (Phi) is 6.93. The van der Waals surface area contributed by atoms with Gasteiger partial charge in [0, 0.05) is 30.3 Å². The fraction of sp³-hybridized carbons (Fsp3) is 0.409. The lowest BCUT2D eigenvalue weighted by molar-refractivity contribution is -0.122. The predicted molar refractivity (Wildman–Crippen MR) is 123 cm³/mol. The van der Waals surface area contributed by atoms with Crippen LogP contribution >= 0.6 is 11.6 Å². The smallest absolute Gasteiger partial charge is 0.243 e. The third kappa shape index (κ3) is 5.26. The molecule has 30 heavy (non-hydrogen) atoms. The summed E-state index contributed by atoms with van der Waals surface area (Å²) >= 11 is 6.07. The normalized spacial score (nSPS) is 15.1. The van der Waals surface area contributed by atoms with Crippen molar-refractivity contribution in [1.82, 2.24) is 5.32 Å². The van der Waals surface area contributed by atoms with Gasteiger partial charge in [0.05, 0.1) is 11.9 Å². The zero-order valence-electron chi connectivity index (χ0n) is 17.6. The van der Waals surface area contributed by atoms with E-state index in [1.54, 1.807) is 32.0 Å². The Balaban J connectivity index is 1.70. The fourth-order valence-electron chi connectivity index (χ4n) is 3.74. The number of hydrogen-bond acceptors (Lipinski definition) is 4. The molecule has 1 aliphatic rings. The van der Waals surface area contributed by atoms with Crippen molar-refractivity contribution in [2.45, 2.75) is 39.3 Å². The molecule has 162 valence electrons. The SMILES string of the molecule is Cc1ccc(Cl)cc1N([C@@H](C)C(=O)NCc1ccc(N2CCCC2)cc1)S(C)(=O)=O. The van der Waals surface area contributed by atoms with Gasteiger partial charge >= 0.3 is 0 Å². The van der Waals surface area contributed by atoms with Crippen molar-refractivity contribution in [2.24, 2.45) is 0 Å². The molecule has 8 heteroatoms. The Labute approximate surface area is 183 Å². The van der Waals surface area contributed by atoms with Crippen LogP contribution in [0.4, 0.5) is 11.4 Å². The molecule has 0 unspecified atom stereocenters. The minimum Gasteiger partial charge on any atom is -0.372 e. The lowest BCUT2D eigenvalue weighted by atomic mass is 10.1. The highest BCUT2D eigenvalue weighted by Gasteiger charge is 2.30. The minimum atomic E-state index is -3.69. The number of aryl methyl sites for hydroxylation is 1. The van der Waals surface area contributed by atoms with Gasteiger partial charge in [0.15, 0.2) is 0 Å². The van der Waals surface area contributed by atoms with Crippen molar-refractivity contribution in [1.29, 1.82) is 0 Å². The van der Waals surface area contributed by atoms with E-state index in [2.05, 4.69) is 22.3 Å². The molecule has 1 heterocycles. The van der Waals surface area contributed by atoms with Crippen LogP contribution in [-0.2, 0) is 21.4 Å². The topological polar surface area (TPSA) is 69.7 Å². The molecular weight excluding hydrogens is 422 g/mol. The van der Waals surface area contributed by atoms with Crippen LogP contribution in [0.5, 0.6) is 0 Å². The van der Waals surface area contributed by atoms with Crippen molar-refractivity contribution in [3.05, 3.63) is 58.6 Å². The van der Waals surface area contributed by atoms with Gasteiger partial charge in [-0.1, -0.05) is 29.8 Å². The molecule has 1 N–H and O–H groups in total. The molecular formula is C22H28ClN3O3S. The summed E-state index contributed by atoms with van der Waals surface area (Å²) in [4.78, 5) is 15.1. The first kappa shape index (κ1) is 22.4. The number of sulfonamides is 1. The monoisotopic (exact) mass is 449 g/mol. The maximum absolute atomic E-state index is 12.8. The number of halogens is 1. The number of rotatable bonds is 7. The van der Waals surface area contributed by atoms with Crippen LogP contribution in [0.2, 0.25) is 5.02 Å². The lowest BCUT2D eigenvalue weighted by Gasteiger charge is -2.29. The van der Waals surface area contributed by atoms with Gasteiger partial charge < -0.3 is 10.2 Å². The molecule has 0 aromatic heterocycles. The number of nitrogens with one attached hydrogen (secondary N) is 1. The summed E-state index contributed by atoms with van der Waals surface area (Å²) in [7, 11) is -3.69. The number of benzene rings is 2. The van der Waals surface area contributed by atoms with Gasteiger partial charge in [-0.15, -0.1) is 0 Å². The van der Waals surface area contributed by atoms with Gasteiger partial charge in [0.1, 0.15) is 6.04 Å². The van der Waals surface area contributed by atoms with E-state index in [4.69, 9.17) is 11.6 Å². The van der Waals surface area contributed by atoms with E-state index < -0.39 is 16.1 Å². The largest absolute Gasteiger partial charge is 0.372 e. The predicted octanol–water partition coefficient (Wildman–Crippen LogP) is 3.72. The highest BCUT2D eigenvalue weighted by Crippen LogP contribution is 2.28. The molecule has 0 saturated carbocycles. The third-order valence-corrected chi connectivity index (χ3v) is 6.83. The van der Waals surface area contributed by atoms with Crippen molar-refractivity contribution >= 4 is 38.9 Å². The van der Waals surface area contributed by atoms with Gasteiger partial charge in [-0.05, 0) is 62.1 Å². The molecule has 0 radical (unpaired) electrons. The summed E-state index contributed by atoms with van der Waals surface area (Å²) in [5, 5.41) is 3.26. The summed E-state index contributed by atoms with van der Waals surface area (Å²) in [6.07, 6.45) is 3.53. The first-order valence-corrected chi connectivity index (χ1v) is 12.3. The number of amides is 1. The number of carbonyl (C=O) groups is 1. The van der Waals surface area contributed by atoms with Crippen molar-refractivity contribution in [3.63, 3.8) is 0 Å². The number of nitrogens with zero attached hydrogens (tertiary/aromatic N) is 2. The van der Waals surface area contributed by atoms with E-state index in [-0.39, 0.29) is 5.91 Å². The summed E-state index contributed by atoms with van der Waals surface area (Å²) in [6.45, 7) is 5.86. The van der Waals surface area contributed by atoms with Crippen LogP contribution in [0.3, 0.4) is 0 Å². The molecule has 2 aromatic carbocycles. The molecule has 2 aromatic rings. The highest BCUT2D eigenvalue weighted by molar-refractivity contribution is 7.92. The van der Waals surface area contributed by atoms with Gasteiger partial charge in [-0.25, -0.2) is 8.42 Å². The Bertz CT molecular complexity index is 1000. The van der Waals surface area contributed by atoms with Crippen LogP contribution in [0.25, 0.3) is 0 Å². The Morgan fingerprint density at radius 3 is 2.40 bits per heavy atom. The van der Waals surface area contributed by atoms with E-state index in [0.29, 0.717) is 17.3 Å². The molecule has 1 atom stereocenters. The molecule has 1 fully saturated rings. The van der Waals surface area contributed by atoms with Gasteiger partial charge in [-0.2, -0.15) is 0 Å². The average Bonchev–Trinajstić information content (AvgIpc) is 3.23. The first-order valence-electron chi connectivity index (χ1n) is 10.0.